The highest BCUT2D eigenvalue weighted by molar-refractivity contribution is 5.74. The van der Waals surface area contributed by atoms with E-state index in [0.717, 1.165) is 23.5 Å². The number of aryl methyl sites for hydroxylation is 1. The monoisotopic (exact) mass is 290 g/mol. The molecular weight excluding hydrogens is 268 g/mol. The van der Waals surface area contributed by atoms with Crippen LogP contribution in [0.25, 0.3) is 5.65 Å². The molecule has 0 fully saturated rings. The van der Waals surface area contributed by atoms with E-state index in [-0.39, 0.29) is 12.6 Å². The Bertz CT molecular complexity index is 603. The van der Waals surface area contributed by atoms with Crippen LogP contribution in [0.1, 0.15) is 24.7 Å². The lowest BCUT2D eigenvalue weighted by molar-refractivity contribution is 0.177. The highest BCUT2D eigenvalue weighted by atomic mass is 16.3. The second-order valence-electron chi connectivity index (χ2n) is 5.00. The zero-order chi connectivity index (χ0) is 15.2. The first-order valence-corrected chi connectivity index (χ1v) is 7.23. The number of carbonyl (C=O) groups is 1. The number of nitrogens with zero attached hydrogens (tertiary/aromatic N) is 3. The molecule has 0 aromatic carbocycles. The molecule has 6 heteroatoms. The lowest BCUT2D eigenvalue weighted by atomic mass is 10.4. The van der Waals surface area contributed by atoms with Crippen LogP contribution in [-0.2, 0) is 6.54 Å². The molecule has 0 bridgehead atoms. The summed E-state index contributed by atoms with van der Waals surface area (Å²) >= 11 is 0. The van der Waals surface area contributed by atoms with Crippen LogP contribution in [-0.4, -0.2) is 45.1 Å². The average Bonchev–Trinajstić information content (AvgIpc) is 2.89. The molecule has 2 heterocycles. The minimum atomic E-state index is -0.167. The van der Waals surface area contributed by atoms with Gasteiger partial charge in [-0.2, -0.15) is 0 Å². The summed E-state index contributed by atoms with van der Waals surface area (Å²) < 4.78 is 2.00. The maximum atomic E-state index is 12.0. The van der Waals surface area contributed by atoms with E-state index in [1.54, 1.807) is 4.90 Å². The number of fused-ring (bicyclic) bond motifs is 1. The van der Waals surface area contributed by atoms with Crippen molar-refractivity contribution < 1.29 is 9.90 Å². The van der Waals surface area contributed by atoms with E-state index >= 15 is 0 Å². The second-order valence-corrected chi connectivity index (χ2v) is 5.00. The number of imidazole rings is 1. The lowest BCUT2D eigenvalue weighted by Gasteiger charge is -2.21. The Morgan fingerprint density at radius 1 is 1.43 bits per heavy atom. The summed E-state index contributed by atoms with van der Waals surface area (Å²) in [6.45, 7) is 5.36. The molecule has 0 radical (unpaired) electrons. The SMILES string of the molecule is CCCN(CCO)C(=O)NCc1cn2c(C)cccc2n1. The van der Waals surface area contributed by atoms with Crippen LogP contribution in [0.2, 0.25) is 0 Å². The molecule has 0 atom stereocenters. The fourth-order valence-electron chi connectivity index (χ4n) is 2.27. The van der Waals surface area contributed by atoms with Gasteiger partial charge in [0.2, 0.25) is 0 Å². The third-order valence-corrected chi connectivity index (χ3v) is 3.32. The van der Waals surface area contributed by atoms with Crippen LogP contribution in [0.3, 0.4) is 0 Å². The minimum absolute atomic E-state index is 0.0268. The molecule has 0 spiro atoms. The van der Waals surface area contributed by atoms with Gasteiger partial charge in [0.05, 0.1) is 18.8 Å². The summed E-state index contributed by atoms with van der Waals surface area (Å²) in [5.74, 6) is 0. The molecule has 2 aromatic heterocycles. The van der Waals surface area contributed by atoms with E-state index in [9.17, 15) is 4.79 Å². The van der Waals surface area contributed by atoms with Crippen molar-refractivity contribution in [2.24, 2.45) is 0 Å². The number of aliphatic hydroxyl groups excluding tert-OH is 1. The van der Waals surface area contributed by atoms with Crippen LogP contribution in [0.4, 0.5) is 4.79 Å². The number of pyridine rings is 1. The van der Waals surface area contributed by atoms with Gasteiger partial charge in [0.15, 0.2) is 0 Å². The number of hydrogen-bond acceptors (Lipinski definition) is 3. The van der Waals surface area contributed by atoms with E-state index in [1.807, 2.05) is 42.6 Å². The summed E-state index contributed by atoms with van der Waals surface area (Å²) in [7, 11) is 0. The first-order chi connectivity index (χ1) is 10.2. The minimum Gasteiger partial charge on any atom is -0.395 e. The Kier molecular flexibility index (Phi) is 5.16. The number of aliphatic hydroxyl groups is 1. The average molecular weight is 290 g/mol. The van der Waals surface area contributed by atoms with Crippen molar-refractivity contribution in [2.75, 3.05) is 19.7 Å². The normalized spacial score (nSPS) is 10.8. The molecule has 2 aromatic rings. The van der Waals surface area contributed by atoms with Gasteiger partial charge in [0.25, 0.3) is 0 Å². The maximum absolute atomic E-state index is 12.0. The molecule has 114 valence electrons. The van der Waals surface area contributed by atoms with E-state index in [2.05, 4.69) is 10.3 Å². The number of urea groups is 1. The summed E-state index contributed by atoms with van der Waals surface area (Å²) in [5.41, 5.74) is 2.79. The topological polar surface area (TPSA) is 69.9 Å². The van der Waals surface area contributed by atoms with Gasteiger partial charge < -0.3 is 19.7 Å². The Morgan fingerprint density at radius 3 is 2.90 bits per heavy atom. The van der Waals surface area contributed by atoms with Crippen molar-refractivity contribution in [3.63, 3.8) is 0 Å². The molecule has 6 nitrogen and oxygen atoms in total. The Labute approximate surface area is 124 Å². The summed E-state index contributed by atoms with van der Waals surface area (Å²) in [6.07, 6.45) is 2.79. The van der Waals surface area contributed by atoms with Crippen LogP contribution >= 0.6 is 0 Å². The Hall–Kier alpha value is -2.08. The van der Waals surface area contributed by atoms with Crippen molar-refractivity contribution in [2.45, 2.75) is 26.8 Å². The van der Waals surface area contributed by atoms with E-state index in [0.29, 0.717) is 19.6 Å². The van der Waals surface area contributed by atoms with Crippen molar-refractivity contribution in [3.05, 3.63) is 35.8 Å². The van der Waals surface area contributed by atoms with Gasteiger partial charge in [-0.15, -0.1) is 0 Å². The van der Waals surface area contributed by atoms with Gasteiger partial charge in [-0.05, 0) is 25.5 Å². The quantitative estimate of drug-likeness (QED) is 0.848. The molecular formula is C15H22N4O2. The van der Waals surface area contributed by atoms with Crippen LogP contribution < -0.4 is 5.32 Å². The van der Waals surface area contributed by atoms with Gasteiger partial charge in [-0.1, -0.05) is 13.0 Å². The highest BCUT2D eigenvalue weighted by Gasteiger charge is 2.12. The van der Waals surface area contributed by atoms with E-state index in [1.165, 1.54) is 0 Å². The van der Waals surface area contributed by atoms with Crippen LogP contribution in [0.5, 0.6) is 0 Å². The standard InChI is InChI=1S/C15H22N4O2/c1-3-7-18(8-9-20)15(21)16-10-13-11-19-12(2)5-4-6-14(19)17-13/h4-6,11,20H,3,7-10H2,1-2H3,(H,16,21). The predicted molar refractivity (Wildman–Crippen MR) is 81.1 cm³/mol. The molecule has 0 unspecified atom stereocenters. The third-order valence-electron chi connectivity index (χ3n) is 3.32. The first kappa shape index (κ1) is 15.3. The second kappa shape index (κ2) is 7.08. The number of nitrogens with one attached hydrogen (secondary N) is 1. The summed E-state index contributed by atoms with van der Waals surface area (Å²) in [6, 6.07) is 5.75. The molecule has 0 aliphatic carbocycles. The molecule has 0 aliphatic rings. The van der Waals surface area contributed by atoms with Crippen molar-refractivity contribution in [1.82, 2.24) is 19.6 Å². The summed E-state index contributed by atoms with van der Waals surface area (Å²) in [4.78, 5) is 18.1. The van der Waals surface area contributed by atoms with Crippen molar-refractivity contribution in [3.8, 4) is 0 Å². The Balaban J connectivity index is 2.00. The number of hydrogen-bond donors (Lipinski definition) is 2. The van der Waals surface area contributed by atoms with Crippen molar-refractivity contribution in [1.29, 1.82) is 0 Å². The molecule has 21 heavy (non-hydrogen) atoms. The van der Waals surface area contributed by atoms with Gasteiger partial charge in [0.1, 0.15) is 5.65 Å². The largest absolute Gasteiger partial charge is 0.395 e. The number of carbonyl (C=O) groups excluding carboxylic acids is 1. The smallest absolute Gasteiger partial charge is 0.317 e. The van der Waals surface area contributed by atoms with Gasteiger partial charge in [-0.25, -0.2) is 9.78 Å². The molecule has 0 saturated carbocycles. The Morgan fingerprint density at radius 2 is 2.24 bits per heavy atom. The fourth-order valence-corrected chi connectivity index (χ4v) is 2.27. The summed E-state index contributed by atoms with van der Waals surface area (Å²) in [5, 5.41) is 11.8. The van der Waals surface area contributed by atoms with Gasteiger partial charge >= 0.3 is 6.03 Å². The molecule has 2 amide bonds. The molecule has 0 aliphatic heterocycles. The van der Waals surface area contributed by atoms with Crippen molar-refractivity contribution >= 4 is 11.7 Å². The number of rotatable bonds is 6. The van der Waals surface area contributed by atoms with E-state index < -0.39 is 0 Å². The highest BCUT2D eigenvalue weighted by Crippen LogP contribution is 2.08. The lowest BCUT2D eigenvalue weighted by Crippen LogP contribution is -2.41. The number of amides is 2. The van der Waals surface area contributed by atoms with Gasteiger partial charge in [0, 0.05) is 25.0 Å². The first-order valence-electron chi connectivity index (χ1n) is 7.23. The van der Waals surface area contributed by atoms with Crippen LogP contribution in [0.15, 0.2) is 24.4 Å². The van der Waals surface area contributed by atoms with Gasteiger partial charge in [-0.3, -0.25) is 0 Å². The predicted octanol–water partition coefficient (Wildman–Crippen LogP) is 1.56. The zero-order valence-electron chi connectivity index (χ0n) is 12.5. The molecule has 2 N–H and O–H groups in total. The number of aromatic nitrogens is 2. The van der Waals surface area contributed by atoms with E-state index in [4.69, 9.17) is 5.11 Å². The third kappa shape index (κ3) is 3.72. The maximum Gasteiger partial charge on any atom is 0.317 e. The molecule has 2 rings (SSSR count). The zero-order valence-corrected chi connectivity index (χ0v) is 12.5. The fraction of sp³-hybridized carbons (Fsp3) is 0.467. The van der Waals surface area contributed by atoms with Crippen LogP contribution in [0, 0.1) is 6.92 Å². The molecule has 0 saturated heterocycles.